The number of nitrogens with one attached hydrogen (secondary N) is 2. The second-order valence-corrected chi connectivity index (χ2v) is 6.36. The highest BCUT2D eigenvalue weighted by molar-refractivity contribution is 5.87. The zero-order valence-electron chi connectivity index (χ0n) is 14.1. The first-order valence-corrected chi connectivity index (χ1v) is 8.22. The lowest BCUT2D eigenvalue weighted by Crippen LogP contribution is -2.48. The van der Waals surface area contributed by atoms with Gasteiger partial charge >= 0.3 is 0 Å². The fourth-order valence-corrected chi connectivity index (χ4v) is 2.71. The molecule has 6 heteroatoms. The minimum Gasteiger partial charge on any atom is -0.357 e. The number of pyridine rings is 1. The maximum absolute atomic E-state index is 12.2. The third kappa shape index (κ3) is 4.94. The molecule has 0 spiro atoms. The molecule has 1 fully saturated rings. The number of hydrogen-bond donors (Lipinski definition) is 2. The van der Waals surface area contributed by atoms with Gasteiger partial charge < -0.3 is 15.5 Å². The molecule has 2 N–H and O–H groups in total. The predicted molar refractivity (Wildman–Crippen MR) is 90.0 cm³/mol. The summed E-state index contributed by atoms with van der Waals surface area (Å²) in [6.45, 7) is 7.78. The van der Waals surface area contributed by atoms with E-state index in [1.54, 1.807) is 6.20 Å². The molecule has 1 aliphatic rings. The van der Waals surface area contributed by atoms with E-state index in [4.69, 9.17) is 0 Å². The highest BCUT2D eigenvalue weighted by atomic mass is 16.2. The number of rotatable bonds is 6. The smallest absolute Gasteiger partial charge is 0.243 e. The second-order valence-electron chi connectivity index (χ2n) is 6.36. The predicted octanol–water partition coefficient (Wildman–Crippen LogP) is 1.46. The minimum absolute atomic E-state index is 0.0366. The van der Waals surface area contributed by atoms with Crippen LogP contribution < -0.4 is 15.5 Å². The van der Waals surface area contributed by atoms with Crippen molar-refractivity contribution in [1.82, 2.24) is 15.6 Å². The number of hydrogen-bond acceptors (Lipinski definition) is 4. The molecule has 1 saturated heterocycles. The van der Waals surface area contributed by atoms with Crippen molar-refractivity contribution in [1.29, 1.82) is 0 Å². The van der Waals surface area contributed by atoms with E-state index in [0.29, 0.717) is 6.54 Å². The van der Waals surface area contributed by atoms with Crippen molar-refractivity contribution < 1.29 is 9.59 Å². The molecule has 0 saturated carbocycles. The summed E-state index contributed by atoms with van der Waals surface area (Å²) in [5.74, 6) is 0.666. The first-order valence-electron chi connectivity index (χ1n) is 8.22. The molecular weight excluding hydrogens is 292 g/mol. The van der Waals surface area contributed by atoms with E-state index in [1.165, 1.54) is 19.8 Å². The van der Waals surface area contributed by atoms with Crippen molar-refractivity contribution in [3.63, 3.8) is 0 Å². The Morgan fingerprint density at radius 3 is 2.48 bits per heavy atom. The quantitative estimate of drug-likeness (QED) is 0.833. The fourth-order valence-electron chi connectivity index (χ4n) is 2.71. The summed E-state index contributed by atoms with van der Waals surface area (Å²) in [6, 6.07) is 3.48. The van der Waals surface area contributed by atoms with Crippen LogP contribution in [0.25, 0.3) is 0 Å². The molecular formula is C17H26N4O2. The lowest BCUT2D eigenvalue weighted by atomic mass is 10.0. The van der Waals surface area contributed by atoms with Gasteiger partial charge in [0.1, 0.15) is 11.9 Å². The molecule has 2 rings (SSSR count). The van der Waals surface area contributed by atoms with Gasteiger partial charge in [0.25, 0.3) is 0 Å². The molecule has 2 amide bonds. The number of anilines is 1. The number of amides is 2. The summed E-state index contributed by atoms with van der Waals surface area (Å²) >= 11 is 0. The Kier molecular flexibility index (Phi) is 5.96. The molecule has 1 atom stereocenters. The number of nitrogens with zero attached hydrogens (tertiary/aromatic N) is 2. The van der Waals surface area contributed by atoms with Crippen LogP contribution in [-0.2, 0) is 16.1 Å². The Bertz CT molecular complexity index is 536. The van der Waals surface area contributed by atoms with Gasteiger partial charge in [-0.05, 0) is 30.4 Å². The maximum Gasteiger partial charge on any atom is 0.243 e. The topological polar surface area (TPSA) is 74.3 Å². The minimum atomic E-state index is -0.510. The van der Waals surface area contributed by atoms with Gasteiger partial charge in [-0.15, -0.1) is 0 Å². The van der Waals surface area contributed by atoms with Crippen LogP contribution in [-0.4, -0.2) is 35.9 Å². The van der Waals surface area contributed by atoms with Crippen molar-refractivity contribution in [2.45, 2.75) is 46.2 Å². The van der Waals surface area contributed by atoms with Crippen LogP contribution in [0.2, 0.25) is 0 Å². The Balaban J connectivity index is 1.89. The van der Waals surface area contributed by atoms with Crippen LogP contribution in [0, 0.1) is 5.92 Å². The van der Waals surface area contributed by atoms with E-state index in [9.17, 15) is 9.59 Å². The van der Waals surface area contributed by atoms with Crippen molar-refractivity contribution >= 4 is 17.6 Å². The van der Waals surface area contributed by atoms with Crippen molar-refractivity contribution in [3.05, 3.63) is 23.9 Å². The van der Waals surface area contributed by atoms with Gasteiger partial charge in [-0.2, -0.15) is 0 Å². The molecule has 0 radical (unpaired) electrons. The Labute approximate surface area is 137 Å². The third-order valence-electron chi connectivity index (χ3n) is 4.01. The summed E-state index contributed by atoms with van der Waals surface area (Å²) in [7, 11) is 0. The third-order valence-corrected chi connectivity index (χ3v) is 4.01. The molecule has 1 aromatic heterocycles. The Morgan fingerprint density at radius 1 is 1.26 bits per heavy atom. The highest BCUT2D eigenvalue weighted by Gasteiger charge is 2.22. The van der Waals surface area contributed by atoms with Crippen LogP contribution in [0.15, 0.2) is 18.3 Å². The Hall–Kier alpha value is -2.11. The lowest BCUT2D eigenvalue weighted by molar-refractivity contribution is -0.129. The van der Waals surface area contributed by atoms with Gasteiger partial charge in [-0.1, -0.05) is 19.9 Å². The van der Waals surface area contributed by atoms with Gasteiger partial charge in [0.15, 0.2) is 0 Å². The van der Waals surface area contributed by atoms with E-state index in [0.717, 1.165) is 24.5 Å². The summed E-state index contributed by atoms with van der Waals surface area (Å²) in [5, 5.41) is 5.56. The summed E-state index contributed by atoms with van der Waals surface area (Å²) in [4.78, 5) is 30.2. The average molecular weight is 318 g/mol. The molecule has 0 bridgehead atoms. The molecule has 0 aliphatic carbocycles. The van der Waals surface area contributed by atoms with Gasteiger partial charge in [0, 0.05) is 32.8 Å². The number of aromatic nitrogens is 1. The highest BCUT2D eigenvalue weighted by Crippen LogP contribution is 2.17. The van der Waals surface area contributed by atoms with Crippen LogP contribution in [0.3, 0.4) is 0 Å². The zero-order valence-corrected chi connectivity index (χ0v) is 14.1. The summed E-state index contributed by atoms with van der Waals surface area (Å²) in [6.07, 6.45) is 4.25. The van der Waals surface area contributed by atoms with Crippen molar-refractivity contribution in [2.24, 2.45) is 5.92 Å². The first-order chi connectivity index (χ1) is 11.0. The van der Waals surface area contributed by atoms with E-state index in [1.807, 2.05) is 26.0 Å². The molecule has 0 aromatic carbocycles. The van der Waals surface area contributed by atoms with E-state index >= 15 is 0 Å². The molecule has 126 valence electrons. The van der Waals surface area contributed by atoms with Crippen molar-refractivity contribution in [2.75, 3.05) is 18.0 Å². The van der Waals surface area contributed by atoms with Crippen LogP contribution in [0.5, 0.6) is 0 Å². The number of carbonyl (C=O) groups is 2. The normalized spacial score (nSPS) is 15.6. The fraction of sp³-hybridized carbons (Fsp3) is 0.588. The molecule has 6 nitrogen and oxygen atoms in total. The maximum atomic E-state index is 12.2. The number of carbonyl (C=O) groups excluding carboxylic acids is 2. The molecule has 0 unspecified atom stereocenters. The van der Waals surface area contributed by atoms with Crippen LogP contribution >= 0.6 is 0 Å². The lowest BCUT2D eigenvalue weighted by Gasteiger charge is -2.21. The van der Waals surface area contributed by atoms with Crippen LogP contribution in [0.1, 0.15) is 39.2 Å². The summed E-state index contributed by atoms with van der Waals surface area (Å²) in [5.41, 5.74) is 0.951. The Morgan fingerprint density at radius 2 is 1.96 bits per heavy atom. The van der Waals surface area contributed by atoms with Gasteiger partial charge in [-0.3, -0.25) is 9.59 Å². The molecule has 1 aliphatic heterocycles. The van der Waals surface area contributed by atoms with E-state index in [2.05, 4.69) is 20.5 Å². The SMILES string of the molecule is CC(=O)N[C@@H](C(=O)NCc1ccc(N2CCCC2)nc1)C(C)C. The van der Waals surface area contributed by atoms with Crippen LogP contribution in [0.4, 0.5) is 5.82 Å². The molecule has 23 heavy (non-hydrogen) atoms. The summed E-state index contributed by atoms with van der Waals surface area (Å²) < 4.78 is 0. The first kappa shape index (κ1) is 17.2. The zero-order chi connectivity index (χ0) is 16.8. The standard InChI is InChI=1S/C17H26N4O2/c1-12(2)16(20-13(3)22)17(23)19-11-14-6-7-15(18-10-14)21-8-4-5-9-21/h6-7,10,12,16H,4-5,8-9,11H2,1-3H3,(H,19,23)(H,20,22)/t16-/m1/s1. The van der Waals surface area contributed by atoms with E-state index < -0.39 is 6.04 Å². The van der Waals surface area contributed by atoms with Crippen molar-refractivity contribution in [3.8, 4) is 0 Å². The second kappa shape index (κ2) is 7.94. The monoisotopic (exact) mass is 318 g/mol. The molecule has 2 heterocycles. The van der Waals surface area contributed by atoms with E-state index in [-0.39, 0.29) is 17.7 Å². The van der Waals surface area contributed by atoms with Gasteiger partial charge in [0.05, 0.1) is 0 Å². The van der Waals surface area contributed by atoms with Gasteiger partial charge in [0.2, 0.25) is 11.8 Å². The largest absolute Gasteiger partial charge is 0.357 e. The average Bonchev–Trinajstić information content (AvgIpc) is 3.04. The molecule has 1 aromatic rings. The van der Waals surface area contributed by atoms with Gasteiger partial charge in [-0.25, -0.2) is 4.98 Å².